The van der Waals surface area contributed by atoms with Gasteiger partial charge < -0.3 is 25.3 Å². The Hall–Kier alpha value is -2.59. The lowest BCUT2D eigenvalue weighted by molar-refractivity contribution is -0.163. The van der Waals surface area contributed by atoms with Gasteiger partial charge in [-0.1, -0.05) is 13.0 Å². The van der Waals surface area contributed by atoms with E-state index < -0.39 is 5.91 Å². The van der Waals surface area contributed by atoms with Crippen LogP contribution < -0.4 is 10.2 Å². The molecule has 0 bridgehead atoms. The average molecular weight is 469 g/mol. The van der Waals surface area contributed by atoms with Crippen LogP contribution in [0.5, 0.6) is 0 Å². The summed E-state index contributed by atoms with van der Waals surface area (Å²) in [6.45, 7) is 8.42. The molecular weight excluding hydrogens is 432 g/mol. The van der Waals surface area contributed by atoms with Crippen LogP contribution in [-0.4, -0.2) is 86.6 Å². The molecule has 1 amide bonds. The van der Waals surface area contributed by atoms with Gasteiger partial charge in [-0.15, -0.1) is 0 Å². The molecule has 1 unspecified atom stereocenters. The highest BCUT2D eigenvalue weighted by atomic mass is 16.5. The molecule has 9 nitrogen and oxygen atoms in total. The topological polar surface area (TPSA) is 105 Å². The van der Waals surface area contributed by atoms with E-state index in [0.717, 1.165) is 32.4 Å². The van der Waals surface area contributed by atoms with Crippen molar-refractivity contribution in [3.8, 4) is 0 Å². The number of aliphatic hydroxyl groups is 2. The van der Waals surface area contributed by atoms with E-state index in [9.17, 15) is 15.0 Å². The third-order valence-corrected chi connectivity index (χ3v) is 7.19. The second-order valence-corrected chi connectivity index (χ2v) is 9.31. The number of hydrogen-bond donors (Lipinski definition) is 3. The van der Waals surface area contributed by atoms with Crippen molar-refractivity contribution in [1.29, 1.82) is 0 Å². The Kier molecular flexibility index (Phi) is 7.77. The van der Waals surface area contributed by atoms with E-state index in [2.05, 4.69) is 38.9 Å². The van der Waals surface area contributed by atoms with E-state index in [1.54, 1.807) is 42.7 Å². The lowest BCUT2D eigenvalue weighted by Crippen LogP contribution is -2.50. The molecule has 0 aliphatic carbocycles. The van der Waals surface area contributed by atoms with Gasteiger partial charge >= 0.3 is 0 Å². The first-order valence-electron chi connectivity index (χ1n) is 12.3. The van der Waals surface area contributed by atoms with Gasteiger partial charge in [0.15, 0.2) is 0 Å². The molecule has 0 spiro atoms. The number of likely N-dealkylation sites (tertiary alicyclic amines) is 1. The van der Waals surface area contributed by atoms with Gasteiger partial charge in [0.2, 0.25) is 5.91 Å². The molecule has 0 radical (unpaired) electrons. The Bertz CT molecular complexity index is 949. The Labute approximate surface area is 201 Å². The van der Waals surface area contributed by atoms with Crippen molar-refractivity contribution < 1.29 is 15.0 Å². The zero-order chi connectivity index (χ0) is 24.1. The maximum atomic E-state index is 12.7. The molecule has 4 rings (SSSR count). The lowest BCUT2D eigenvalue weighted by Gasteiger charge is -2.40. The molecular formula is C25H36N6O3. The fourth-order valence-corrected chi connectivity index (χ4v) is 4.89. The van der Waals surface area contributed by atoms with Crippen LogP contribution in [0.1, 0.15) is 50.0 Å². The van der Waals surface area contributed by atoms with Crippen molar-refractivity contribution in [3.63, 3.8) is 0 Å². The smallest absolute Gasteiger partial charge is 0.274 e. The maximum absolute atomic E-state index is 12.7. The first-order valence-corrected chi connectivity index (χ1v) is 12.3. The van der Waals surface area contributed by atoms with Gasteiger partial charge in [0, 0.05) is 56.2 Å². The Morgan fingerprint density at radius 3 is 2.56 bits per heavy atom. The minimum absolute atomic E-state index is 0.188. The summed E-state index contributed by atoms with van der Waals surface area (Å²) >= 11 is 0. The SMILES string of the molecule is CCC(C)N1CCC(N2CCN(c3cccc(C(=O)Nc4ccncc4)n3)C(O)(O)CC2)CC1. The molecule has 9 heteroatoms. The van der Waals surface area contributed by atoms with Crippen LogP contribution in [0.25, 0.3) is 0 Å². The van der Waals surface area contributed by atoms with Crippen LogP contribution in [-0.2, 0) is 0 Å². The first kappa shape index (κ1) is 24.5. The number of carbonyl (C=O) groups is 1. The molecule has 2 aromatic heterocycles. The van der Waals surface area contributed by atoms with Crippen LogP contribution in [0, 0.1) is 0 Å². The highest BCUT2D eigenvalue weighted by Crippen LogP contribution is 2.27. The number of pyridine rings is 2. The van der Waals surface area contributed by atoms with Gasteiger partial charge in [0.05, 0.1) is 0 Å². The van der Waals surface area contributed by atoms with Gasteiger partial charge in [-0.3, -0.25) is 14.7 Å². The van der Waals surface area contributed by atoms with Crippen LogP contribution in [0.3, 0.4) is 0 Å². The van der Waals surface area contributed by atoms with Crippen molar-refractivity contribution in [2.24, 2.45) is 0 Å². The van der Waals surface area contributed by atoms with Gasteiger partial charge in [-0.05, 0) is 63.5 Å². The summed E-state index contributed by atoms with van der Waals surface area (Å²) in [4.78, 5) is 27.5. The van der Waals surface area contributed by atoms with Crippen LogP contribution in [0.4, 0.5) is 11.5 Å². The molecule has 184 valence electrons. The third kappa shape index (κ3) is 5.72. The van der Waals surface area contributed by atoms with E-state index >= 15 is 0 Å². The first-order chi connectivity index (χ1) is 16.4. The van der Waals surface area contributed by atoms with Crippen LogP contribution >= 0.6 is 0 Å². The number of hydrogen-bond acceptors (Lipinski definition) is 8. The number of carbonyl (C=O) groups excluding carboxylic acids is 1. The molecule has 2 saturated heterocycles. The number of aromatic nitrogens is 2. The summed E-state index contributed by atoms with van der Waals surface area (Å²) in [5, 5.41) is 24.6. The van der Waals surface area contributed by atoms with E-state index in [-0.39, 0.29) is 18.0 Å². The number of amides is 1. The van der Waals surface area contributed by atoms with E-state index in [1.165, 1.54) is 4.90 Å². The highest BCUT2D eigenvalue weighted by molar-refractivity contribution is 6.03. The monoisotopic (exact) mass is 468 g/mol. The molecule has 0 saturated carbocycles. The van der Waals surface area contributed by atoms with Crippen molar-refractivity contribution in [2.45, 2.75) is 57.5 Å². The standard InChI is InChI=1S/C25H36N6O3/c1-3-19(2)29-14-9-21(10-15-29)30-16-11-25(33,34)31(18-17-30)23-6-4-5-22(28-23)24(32)27-20-7-12-26-13-8-20/h4-8,12-13,19,21,33-34H,3,9-11,14-18H2,1-2H3,(H,26,27,32). The second kappa shape index (κ2) is 10.8. The quantitative estimate of drug-likeness (QED) is 0.554. The molecule has 4 heterocycles. The maximum Gasteiger partial charge on any atom is 0.274 e. The molecule has 2 fully saturated rings. The van der Waals surface area contributed by atoms with Crippen molar-refractivity contribution in [1.82, 2.24) is 19.8 Å². The summed E-state index contributed by atoms with van der Waals surface area (Å²) in [5.74, 6) is -2.01. The zero-order valence-electron chi connectivity index (χ0n) is 20.1. The number of nitrogens with zero attached hydrogens (tertiary/aromatic N) is 5. The van der Waals surface area contributed by atoms with Crippen LogP contribution in [0.15, 0.2) is 42.7 Å². The molecule has 34 heavy (non-hydrogen) atoms. The summed E-state index contributed by atoms with van der Waals surface area (Å²) in [7, 11) is 0. The predicted molar refractivity (Wildman–Crippen MR) is 131 cm³/mol. The summed E-state index contributed by atoms with van der Waals surface area (Å²) in [5.41, 5.74) is 0.833. The van der Waals surface area contributed by atoms with Crippen LogP contribution in [0.2, 0.25) is 0 Å². The zero-order valence-corrected chi connectivity index (χ0v) is 20.1. The minimum Gasteiger partial charge on any atom is -0.349 e. The highest BCUT2D eigenvalue weighted by Gasteiger charge is 2.38. The number of rotatable bonds is 6. The molecule has 3 N–H and O–H groups in total. The summed E-state index contributed by atoms with van der Waals surface area (Å²) < 4.78 is 0. The van der Waals surface area contributed by atoms with Crippen molar-refractivity contribution in [3.05, 3.63) is 48.4 Å². The van der Waals surface area contributed by atoms with Crippen molar-refractivity contribution >= 4 is 17.4 Å². The summed E-state index contributed by atoms with van der Waals surface area (Å²) in [6, 6.07) is 9.50. The number of piperidine rings is 1. The Morgan fingerprint density at radius 2 is 1.85 bits per heavy atom. The molecule has 2 aliphatic heterocycles. The fraction of sp³-hybridized carbons (Fsp3) is 0.560. The fourth-order valence-electron chi connectivity index (χ4n) is 4.89. The molecule has 2 aromatic rings. The second-order valence-electron chi connectivity index (χ2n) is 9.31. The Morgan fingerprint density at radius 1 is 1.12 bits per heavy atom. The van der Waals surface area contributed by atoms with Gasteiger partial charge in [-0.25, -0.2) is 4.98 Å². The average Bonchev–Trinajstić information content (AvgIpc) is 3.02. The molecule has 0 aromatic carbocycles. The third-order valence-electron chi connectivity index (χ3n) is 7.19. The van der Waals surface area contributed by atoms with E-state index in [1.807, 2.05) is 0 Å². The van der Waals surface area contributed by atoms with Gasteiger partial charge in [0.1, 0.15) is 11.5 Å². The van der Waals surface area contributed by atoms with Gasteiger partial charge in [0.25, 0.3) is 5.91 Å². The minimum atomic E-state index is -2.03. The largest absolute Gasteiger partial charge is 0.349 e. The van der Waals surface area contributed by atoms with E-state index in [0.29, 0.717) is 43.2 Å². The molecule has 1 atom stereocenters. The van der Waals surface area contributed by atoms with Gasteiger partial charge in [-0.2, -0.15) is 0 Å². The predicted octanol–water partition coefficient (Wildman–Crippen LogP) is 2.14. The van der Waals surface area contributed by atoms with Crippen molar-refractivity contribution in [2.75, 3.05) is 42.9 Å². The lowest BCUT2D eigenvalue weighted by atomic mass is 10.0. The Balaban J connectivity index is 1.42. The molecule has 2 aliphatic rings. The number of anilines is 2. The normalized spacial score (nSPS) is 21.1. The summed E-state index contributed by atoms with van der Waals surface area (Å²) in [6.07, 6.45) is 6.74. The van der Waals surface area contributed by atoms with E-state index in [4.69, 9.17) is 0 Å². The number of nitrogens with one attached hydrogen (secondary N) is 1.